The molecule has 4 rings (SSSR count). The number of aryl methyl sites for hydroxylation is 1. The highest BCUT2D eigenvalue weighted by Gasteiger charge is 2.39. The standard InChI is InChI=1S/C23H26N4O4S/c1-11-10-32-20-12(11)6-8-23(2,3)21(20)26-15-14(18(29)19(15)30)25-13-7-9-24-16(17(13)28)22(31)27(4)5/h7,9-10,21,26,28H,6,8H2,1-5H3,(H,24,25). The topological polar surface area (TPSA) is 112 Å². The van der Waals surface area contributed by atoms with E-state index in [0.717, 1.165) is 12.8 Å². The predicted octanol–water partition coefficient (Wildman–Crippen LogP) is 3.32. The molecule has 1 aromatic carbocycles. The molecule has 0 saturated carbocycles. The summed E-state index contributed by atoms with van der Waals surface area (Å²) in [6, 6.07) is 1.33. The molecule has 9 heteroatoms. The van der Waals surface area contributed by atoms with Gasteiger partial charge in [-0.25, -0.2) is 4.98 Å². The van der Waals surface area contributed by atoms with E-state index in [0.29, 0.717) is 0 Å². The number of carbonyl (C=O) groups excluding carboxylic acids is 1. The molecule has 0 aliphatic heterocycles. The van der Waals surface area contributed by atoms with Gasteiger partial charge >= 0.3 is 0 Å². The average Bonchev–Trinajstić information content (AvgIpc) is 3.12. The number of nitrogens with one attached hydrogen (secondary N) is 2. The van der Waals surface area contributed by atoms with Crippen LogP contribution in [0, 0.1) is 12.3 Å². The lowest BCUT2D eigenvalue weighted by Gasteiger charge is -2.40. The lowest BCUT2D eigenvalue weighted by Crippen LogP contribution is -2.41. The van der Waals surface area contributed by atoms with E-state index in [1.807, 2.05) is 0 Å². The molecular weight excluding hydrogens is 428 g/mol. The highest BCUT2D eigenvalue weighted by molar-refractivity contribution is 7.10. The van der Waals surface area contributed by atoms with Gasteiger partial charge in [-0.15, -0.1) is 11.3 Å². The third kappa shape index (κ3) is 3.46. The van der Waals surface area contributed by atoms with Crippen LogP contribution in [-0.2, 0) is 6.42 Å². The van der Waals surface area contributed by atoms with Gasteiger partial charge in [-0.3, -0.25) is 14.4 Å². The predicted molar refractivity (Wildman–Crippen MR) is 126 cm³/mol. The van der Waals surface area contributed by atoms with Gasteiger partial charge in [-0.2, -0.15) is 0 Å². The normalized spacial score (nSPS) is 17.1. The highest BCUT2D eigenvalue weighted by Crippen LogP contribution is 2.48. The molecule has 0 radical (unpaired) electrons. The van der Waals surface area contributed by atoms with Gasteiger partial charge in [0, 0.05) is 25.2 Å². The van der Waals surface area contributed by atoms with Gasteiger partial charge in [-0.05, 0) is 47.8 Å². The van der Waals surface area contributed by atoms with Crippen molar-refractivity contribution >= 4 is 34.3 Å². The maximum Gasteiger partial charge on any atom is 0.275 e. The van der Waals surface area contributed by atoms with E-state index in [1.165, 1.54) is 33.2 Å². The molecule has 1 atom stereocenters. The molecule has 0 spiro atoms. The maximum absolute atomic E-state index is 12.5. The fourth-order valence-electron chi connectivity index (χ4n) is 4.11. The van der Waals surface area contributed by atoms with Crippen LogP contribution < -0.4 is 21.5 Å². The SMILES string of the molecule is Cc1csc2c1CCC(C)(C)C2Nc1c(Nc2ccnc(C(=O)N(C)C)c2O)c(=O)c1=O. The molecule has 1 amide bonds. The van der Waals surface area contributed by atoms with Crippen LogP contribution >= 0.6 is 11.3 Å². The zero-order valence-electron chi connectivity index (χ0n) is 18.7. The minimum atomic E-state index is -0.666. The van der Waals surface area contributed by atoms with E-state index in [4.69, 9.17) is 0 Å². The highest BCUT2D eigenvalue weighted by atomic mass is 32.1. The lowest BCUT2D eigenvalue weighted by molar-refractivity contribution is 0.0819. The molecule has 2 heterocycles. The van der Waals surface area contributed by atoms with Crippen LogP contribution in [0.15, 0.2) is 27.2 Å². The van der Waals surface area contributed by atoms with Gasteiger partial charge in [0.05, 0.1) is 11.7 Å². The number of aromatic hydroxyl groups is 1. The first-order valence-corrected chi connectivity index (χ1v) is 11.2. The Morgan fingerprint density at radius 2 is 1.94 bits per heavy atom. The van der Waals surface area contributed by atoms with Gasteiger partial charge in [0.25, 0.3) is 16.8 Å². The van der Waals surface area contributed by atoms with E-state index in [1.54, 1.807) is 25.4 Å². The summed E-state index contributed by atoms with van der Waals surface area (Å²) in [7, 11) is 3.10. The monoisotopic (exact) mass is 454 g/mol. The second kappa shape index (κ2) is 7.74. The lowest BCUT2D eigenvalue weighted by atomic mass is 9.73. The Hall–Kier alpha value is -3.20. The van der Waals surface area contributed by atoms with E-state index < -0.39 is 16.8 Å². The number of hydrogen-bond donors (Lipinski definition) is 3. The molecule has 168 valence electrons. The van der Waals surface area contributed by atoms with Crippen molar-refractivity contribution in [3.05, 3.63) is 59.8 Å². The van der Waals surface area contributed by atoms with Crippen LogP contribution in [0.25, 0.3) is 0 Å². The Bertz CT molecular complexity index is 1280. The molecule has 0 saturated heterocycles. The fourth-order valence-corrected chi connectivity index (χ4v) is 5.47. The Kier molecular flexibility index (Phi) is 5.32. The number of thiophene rings is 1. The molecular formula is C23H26N4O4S. The molecule has 1 aliphatic carbocycles. The Morgan fingerprint density at radius 1 is 1.25 bits per heavy atom. The van der Waals surface area contributed by atoms with Gasteiger partial charge in [0.2, 0.25) is 0 Å². The Labute approximate surface area is 189 Å². The van der Waals surface area contributed by atoms with Gasteiger partial charge in [0.15, 0.2) is 11.4 Å². The summed E-state index contributed by atoms with van der Waals surface area (Å²) in [6.45, 7) is 6.39. The fraction of sp³-hybridized carbons (Fsp3) is 0.391. The zero-order valence-corrected chi connectivity index (χ0v) is 19.5. The number of fused-ring (bicyclic) bond motifs is 1. The van der Waals surface area contributed by atoms with Gasteiger partial charge in [0.1, 0.15) is 11.4 Å². The van der Waals surface area contributed by atoms with Crippen LogP contribution in [0.3, 0.4) is 0 Å². The zero-order chi connectivity index (χ0) is 23.4. The largest absolute Gasteiger partial charge is 0.504 e. The first kappa shape index (κ1) is 22.0. The average molecular weight is 455 g/mol. The van der Waals surface area contributed by atoms with Crippen LogP contribution in [0.5, 0.6) is 5.75 Å². The van der Waals surface area contributed by atoms with Crippen molar-refractivity contribution in [2.75, 3.05) is 24.7 Å². The summed E-state index contributed by atoms with van der Waals surface area (Å²) in [4.78, 5) is 43.5. The van der Waals surface area contributed by atoms with Gasteiger partial charge < -0.3 is 20.6 Å². The number of hydrogen-bond acceptors (Lipinski definition) is 8. The van der Waals surface area contributed by atoms with Crippen molar-refractivity contribution in [1.29, 1.82) is 0 Å². The summed E-state index contributed by atoms with van der Waals surface area (Å²) in [6.07, 6.45) is 3.30. The summed E-state index contributed by atoms with van der Waals surface area (Å²) >= 11 is 1.66. The Morgan fingerprint density at radius 3 is 2.62 bits per heavy atom. The maximum atomic E-state index is 12.5. The second-order valence-corrected chi connectivity index (χ2v) is 10.0. The third-order valence-corrected chi connectivity index (χ3v) is 7.40. The number of anilines is 3. The molecule has 0 fully saturated rings. The van der Waals surface area contributed by atoms with E-state index in [2.05, 4.69) is 41.8 Å². The minimum absolute atomic E-state index is 0.0796. The molecule has 32 heavy (non-hydrogen) atoms. The number of amides is 1. The van der Waals surface area contributed by atoms with Crippen LogP contribution in [0.4, 0.5) is 17.1 Å². The molecule has 8 nitrogen and oxygen atoms in total. The van der Waals surface area contributed by atoms with Crippen molar-refractivity contribution < 1.29 is 9.90 Å². The quantitative estimate of drug-likeness (QED) is 0.507. The summed E-state index contributed by atoms with van der Waals surface area (Å²) in [5.74, 6) is -0.849. The number of rotatable bonds is 5. The summed E-state index contributed by atoms with van der Waals surface area (Å²) in [5.41, 5.74) is 1.44. The van der Waals surface area contributed by atoms with Crippen LogP contribution in [0.1, 0.15) is 52.8 Å². The van der Waals surface area contributed by atoms with Crippen LogP contribution in [-0.4, -0.2) is 35.0 Å². The van der Waals surface area contributed by atoms with Crippen molar-refractivity contribution in [2.45, 2.75) is 39.7 Å². The molecule has 1 unspecified atom stereocenters. The van der Waals surface area contributed by atoms with Crippen LogP contribution in [0.2, 0.25) is 0 Å². The molecule has 0 bridgehead atoms. The number of nitrogens with zero attached hydrogens (tertiary/aromatic N) is 2. The first-order chi connectivity index (χ1) is 15.0. The third-order valence-electron chi connectivity index (χ3n) is 6.19. The van der Waals surface area contributed by atoms with E-state index >= 15 is 0 Å². The number of carbonyl (C=O) groups is 1. The molecule has 1 aliphatic rings. The van der Waals surface area contributed by atoms with E-state index in [-0.39, 0.29) is 40.0 Å². The van der Waals surface area contributed by atoms with Gasteiger partial charge in [-0.1, -0.05) is 13.8 Å². The summed E-state index contributed by atoms with van der Waals surface area (Å²) < 4.78 is 0. The van der Waals surface area contributed by atoms with Crippen molar-refractivity contribution in [3.63, 3.8) is 0 Å². The summed E-state index contributed by atoms with van der Waals surface area (Å²) in [5, 5.41) is 18.8. The minimum Gasteiger partial charge on any atom is -0.504 e. The first-order valence-electron chi connectivity index (χ1n) is 10.4. The smallest absolute Gasteiger partial charge is 0.275 e. The molecule has 3 N–H and O–H groups in total. The number of aromatic nitrogens is 1. The molecule has 2 aromatic heterocycles. The molecule has 3 aromatic rings. The number of pyridine rings is 1. The van der Waals surface area contributed by atoms with Crippen molar-refractivity contribution in [1.82, 2.24) is 9.88 Å². The van der Waals surface area contributed by atoms with Crippen molar-refractivity contribution in [2.24, 2.45) is 5.41 Å². The second-order valence-electron chi connectivity index (χ2n) is 9.12. The Balaban J connectivity index is 1.68. The van der Waals surface area contributed by atoms with E-state index in [9.17, 15) is 19.5 Å². The van der Waals surface area contributed by atoms with Crippen molar-refractivity contribution in [3.8, 4) is 5.75 Å².